The van der Waals surface area contributed by atoms with Crippen LogP contribution in [0.1, 0.15) is 19.4 Å². The number of alkyl halides is 3. The second-order valence-electron chi connectivity index (χ2n) is 9.74. The molecule has 3 atom stereocenters. The molecule has 0 amide bonds. The maximum absolute atomic E-state index is 14.7. The van der Waals surface area contributed by atoms with Crippen molar-refractivity contribution in [3.05, 3.63) is 52.2 Å². The molecule has 204 valence electrons. The number of piperazine rings is 1. The minimum absolute atomic E-state index is 0.0276. The molecular formula is C26H28F4N4O3S. The van der Waals surface area contributed by atoms with Crippen LogP contribution in [0, 0.1) is 5.82 Å². The van der Waals surface area contributed by atoms with Gasteiger partial charge in [-0.3, -0.25) is 4.57 Å². The van der Waals surface area contributed by atoms with Crippen LogP contribution in [-0.2, 0) is 22.2 Å². The maximum Gasteiger partial charge on any atom is 0.417 e. The van der Waals surface area contributed by atoms with Crippen molar-refractivity contribution >= 4 is 28.5 Å². The average molecular weight is 553 g/mol. The summed E-state index contributed by atoms with van der Waals surface area (Å²) in [7, 11) is 1.47. The Morgan fingerprint density at radius 1 is 1.13 bits per heavy atom. The number of methoxy groups -OCH3 is 1. The van der Waals surface area contributed by atoms with E-state index in [9.17, 15) is 22.4 Å². The fourth-order valence-electron chi connectivity index (χ4n) is 5.27. The first-order valence-electron chi connectivity index (χ1n) is 12.3. The Bertz CT molecular complexity index is 1390. The maximum atomic E-state index is 14.7. The summed E-state index contributed by atoms with van der Waals surface area (Å²) >= 11 is 1.19. The first-order valence-corrected chi connectivity index (χ1v) is 13.2. The van der Waals surface area contributed by atoms with E-state index >= 15 is 0 Å². The van der Waals surface area contributed by atoms with Gasteiger partial charge in [-0.15, -0.1) is 11.8 Å². The Balaban J connectivity index is 1.84. The summed E-state index contributed by atoms with van der Waals surface area (Å²) in [6, 6.07) is 6.11. The van der Waals surface area contributed by atoms with E-state index in [1.807, 2.05) is 18.7 Å². The first-order chi connectivity index (χ1) is 18.1. The number of anilines is 1. The molecule has 5 rings (SSSR count). The number of hydrogen-bond donors (Lipinski definition) is 1. The highest BCUT2D eigenvalue weighted by molar-refractivity contribution is 7.99. The molecule has 7 nitrogen and oxygen atoms in total. The van der Waals surface area contributed by atoms with Crippen LogP contribution in [-0.4, -0.2) is 60.5 Å². The van der Waals surface area contributed by atoms with Gasteiger partial charge in [0.15, 0.2) is 0 Å². The van der Waals surface area contributed by atoms with Crippen molar-refractivity contribution in [2.24, 2.45) is 0 Å². The van der Waals surface area contributed by atoms with Crippen LogP contribution < -0.4 is 15.9 Å². The highest BCUT2D eigenvalue weighted by Crippen LogP contribution is 2.48. The summed E-state index contributed by atoms with van der Waals surface area (Å²) in [5.74, 6) is -0.0396. The van der Waals surface area contributed by atoms with Crippen LogP contribution in [0.2, 0.25) is 0 Å². The van der Waals surface area contributed by atoms with E-state index in [1.54, 1.807) is 0 Å². The molecule has 0 saturated carbocycles. The molecule has 3 aromatic rings. The summed E-state index contributed by atoms with van der Waals surface area (Å²) in [6.07, 6.45) is -5.22. The predicted molar refractivity (Wildman–Crippen MR) is 138 cm³/mol. The zero-order valence-electron chi connectivity index (χ0n) is 21.1. The number of rotatable bonds is 5. The lowest BCUT2D eigenvalue weighted by Crippen LogP contribution is -2.55. The predicted octanol–water partition coefficient (Wildman–Crippen LogP) is 4.50. The molecule has 0 aliphatic carbocycles. The van der Waals surface area contributed by atoms with Gasteiger partial charge in [-0.1, -0.05) is 12.1 Å². The zero-order chi connectivity index (χ0) is 27.2. The zero-order valence-corrected chi connectivity index (χ0v) is 22.0. The Morgan fingerprint density at radius 3 is 2.45 bits per heavy atom. The van der Waals surface area contributed by atoms with Crippen molar-refractivity contribution in [3.63, 3.8) is 0 Å². The molecule has 0 radical (unpaired) electrons. The molecule has 2 aliphatic rings. The van der Waals surface area contributed by atoms with Gasteiger partial charge >= 0.3 is 11.9 Å². The lowest BCUT2D eigenvalue weighted by atomic mass is 9.96. The average Bonchev–Trinajstić information content (AvgIpc) is 3.05. The van der Waals surface area contributed by atoms with Gasteiger partial charge in [0.05, 0.1) is 23.7 Å². The third-order valence-electron chi connectivity index (χ3n) is 6.72. The Labute approximate surface area is 221 Å². The van der Waals surface area contributed by atoms with Gasteiger partial charge in [0.25, 0.3) is 0 Å². The Kier molecular flexibility index (Phi) is 7.42. The number of aromatic nitrogens is 2. The van der Waals surface area contributed by atoms with Gasteiger partial charge in [-0.25, -0.2) is 9.18 Å². The number of ether oxygens (including phenoxy) is 2. The number of halogens is 4. The molecular weight excluding hydrogens is 524 g/mol. The van der Waals surface area contributed by atoms with Gasteiger partial charge in [0.2, 0.25) is 0 Å². The summed E-state index contributed by atoms with van der Waals surface area (Å²) in [4.78, 5) is 20.0. The van der Waals surface area contributed by atoms with E-state index in [1.165, 1.54) is 35.6 Å². The van der Waals surface area contributed by atoms with Crippen LogP contribution in [0.4, 0.5) is 23.4 Å². The lowest BCUT2D eigenvalue weighted by Gasteiger charge is -2.37. The highest BCUT2D eigenvalue weighted by atomic mass is 32.2. The van der Waals surface area contributed by atoms with Crippen molar-refractivity contribution < 1.29 is 27.0 Å². The summed E-state index contributed by atoms with van der Waals surface area (Å²) in [6.45, 7) is 5.01. The van der Waals surface area contributed by atoms with Crippen molar-refractivity contribution in [3.8, 4) is 11.1 Å². The van der Waals surface area contributed by atoms with Crippen LogP contribution >= 0.6 is 11.8 Å². The number of nitrogens with zero attached hydrogens (tertiary/aromatic N) is 3. The summed E-state index contributed by atoms with van der Waals surface area (Å²) in [5.41, 5.74) is -0.929. The molecule has 0 unspecified atom stereocenters. The van der Waals surface area contributed by atoms with Crippen LogP contribution in [0.5, 0.6) is 0 Å². The van der Waals surface area contributed by atoms with Gasteiger partial charge < -0.3 is 19.7 Å². The van der Waals surface area contributed by atoms with Gasteiger partial charge in [-0.05, 0) is 37.6 Å². The SMILES string of the molecule is COCO[C@H]1CSc2c(-c3ccc(F)cc3)c(C(F)(F)F)cc3c(N4C[C@@H](C)N[C@@H](C)C4)nc(=O)n(c23)C1. The molecule has 12 heteroatoms. The Hall–Kier alpha value is -2.67. The molecule has 1 N–H and O–H groups in total. The van der Waals surface area contributed by atoms with E-state index in [-0.39, 0.29) is 53.5 Å². The topological polar surface area (TPSA) is 68.6 Å². The third-order valence-corrected chi connectivity index (χ3v) is 7.94. The number of nitrogens with one attached hydrogen (secondary N) is 1. The van der Waals surface area contributed by atoms with E-state index < -0.39 is 29.4 Å². The summed E-state index contributed by atoms with van der Waals surface area (Å²) in [5, 5.41) is 3.65. The fraction of sp³-hybridized carbons (Fsp3) is 0.462. The minimum atomic E-state index is -4.71. The summed E-state index contributed by atoms with van der Waals surface area (Å²) < 4.78 is 69.9. The van der Waals surface area contributed by atoms with Crippen LogP contribution in [0.3, 0.4) is 0 Å². The largest absolute Gasteiger partial charge is 0.417 e. The van der Waals surface area contributed by atoms with Crippen molar-refractivity contribution in [1.29, 1.82) is 0 Å². The molecule has 2 aliphatic heterocycles. The van der Waals surface area contributed by atoms with Crippen LogP contribution in [0.15, 0.2) is 40.0 Å². The second-order valence-corrected chi connectivity index (χ2v) is 10.8. The standard InChI is InChI=1S/C26H28F4N4O3S/c1-14-9-33(10-15(2)31-14)24-19-8-20(26(28,29)30)21(16-4-6-17(27)7-5-16)23-22(19)34(25(35)32-24)11-18(12-38-23)37-13-36-3/h4-8,14-15,18,31H,9-13H2,1-3H3/t14-,15+,18-/m1/s1. The normalized spacial score (nSPS) is 22.1. The number of thioether (sulfide) groups is 1. The van der Waals surface area contributed by atoms with Crippen molar-refractivity contribution in [2.45, 2.75) is 49.7 Å². The molecule has 2 aromatic carbocycles. The van der Waals surface area contributed by atoms with E-state index in [2.05, 4.69) is 10.3 Å². The van der Waals surface area contributed by atoms with Crippen molar-refractivity contribution in [2.75, 3.05) is 37.6 Å². The molecule has 1 aromatic heterocycles. The van der Waals surface area contributed by atoms with E-state index in [4.69, 9.17) is 9.47 Å². The van der Waals surface area contributed by atoms with Gasteiger partial charge in [0, 0.05) is 53.9 Å². The molecule has 1 fully saturated rings. The molecule has 38 heavy (non-hydrogen) atoms. The number of hydrogen-bond acceptors (Lipinski definition) is 7. The molecule has 0 bridgehead atoms. The lowest BCUT2D eigenvalue weighted by molar-refractivity contribution is -0.137. The number of benzene rings is 2. The first kappa shape index (κ1) is 26.9. The fourth-order valence-corrected chi connectivity index (χ4v) is 6.55. The van der Waals surface area contributed by atoms with E-state index in [0.29, 0.717) is 23.5 Å². The smallest absolute Gasteiger partial charge is 0.359 e. The van der Waals surface area contributed by atoms with Gasteiger partial charge in [-0.2, -0.15) is 18.2 Å². The monoisotopic (exact) mass is 552 g/mol. The van der Waals surface area contributed by atoms with Crippen LogP contribution in [0.25, 0.3) is 22.0 Å². The third kappa shape index (κ3) is 5.14. The molecule has 0 spiro atoms. The highest BCUT2D eigenvalue weighted by Gasteiger charge is 2.39. The molecule has 1 saturated heterocycles. The van der Waals surface area contributed by atoms with Crippen molar-refractivity contribution in [1.82, 2.24) is 14.9 Å². The Morgan fingerprint density at radius 2 is 1.82 bits per heavy atom. The quantitative estimate of drug-likeness (QED) is 0.369. The van der Waals surface area contributed by atoms with Gasteiger partial charge in [0.1, 0.15) is 18.4 Å². The second kappa shape index (κ2) is 10.5. The minimum Gasteiger partial charge on any atom is -0.359 e. The van der Waals surface area contributed by atoms with E-state index in [0.717, 1.165) is 18.2 Å². The molecule has 3 heterocycles.